The highest BCUT2D eigenvalue weighted by Crippen LogP contribution is 2.35. The third-order valence-corrected chi connectivity index (χ3v) is 10.7. The largest absolute Gasteiger partial charge is 0.466 e. The number of hydrogen-bond donors (Lipinski definition) is 0. The lowest BCUT2D eigenvalue weighted by Gasteiger charge is -2.29. The van der Waals surface area contributed by atoms with Gasteiger partial charge in [-0.1, -0.05) is 146 Å². The Morgan fingerprint density at radius 3 is 1.52 bits per heavy atom. The second-order valence-corrected chi connectivity index (χ2v) is 16.0. The molecular weight excluding hydrogens is 667 g/mol. The van der Waals surface area contributed by atoms with E-state index in [-0.39, 0.29) is 12.1 Å². The number of hydrogen-bond acceptors (Lipinski definition) is 5. The molecule has 0 aromatic heterocycles. The average Bonchev–Trinajstić information content (AvgIpc) is 3.56. The summed E-state index contributed by atoms with van der Waals surface area (Å²) >= 11 is 0. The Kier molecular flexibility index (Phi) is 35.6. The Bertz CT molecular complexity index is 892. The van der Waals surface area contributed by atoms with Crippen molar-refractivity contribution in [3.8, 4) is 0 Å². The number of rotatable bonds is 39. The minimum atomic E-state index is -0.393. The van der Waals surface area contributed by atoms with Crippen LogP contribution in [0.25, 0.3) is 0 Å². The van der Waals surface area contributed by atoms with Crippen LogP contribution in [0.5, 0.6) is 0 Å². The van der Waals surface area contributed by atoms with E-state index in [2.05, 4.69) is 74.4 Å². The van der Waals surface area contributed by atoms with Gasteiger partial charge >= 0.3 is 5.97 Å². The minimum Gasteiger partial charge on any atom is -0.466 e. The quantitative estimate of drug-likeness (QED) is 0.0355. The van der Waals surface area contributed by atoms with Crippen LogP contribution in [0.3, 0.4) is 0 Å². The molecule has 314 valence electrons. The average molecular weight is 756 g/mol. The highest BCUT2D eigenvalue weighted by molar-refractivity contribution is 5.69. The molecule has 1 heterocycles. The molecule has 0 radical (unpaired) electrons. The van der Waals surface area contributed by atoms with Crippen molar-refractivity contribution in [2.75, 3.05) is 33.4 Å². The van der Waals surface area contributed by atoms with Crippen molar-refractivity contribution in [1.82, 2.24) is 4.90 Å². The Hall–Kier alpha value is -1.69. The second-order valence-electron chi connectivity index (χ2n) is 16.0. The molecule has 0 unspecified atom stereocenters. The van der Waals surface area contributed by atoms with Crippen molar-refractivity contribution < 1.29 is 19.0 Å². The number of likely N-dealkylation sites (N-methyl/N-ethyl adjacent to an activating group) is 1. The van der Waals surface area contributed by atoms with Crippen molar-refractivity contribution in [2.24, 2.45) is 0 Å². The van der Waals surface area contributed by atoms with E-state index in [1.54, 1.807) is 0 Å². The zero-order valence-corrected chi connectivity index (χ0v) is 36.3. The summed E-state index contributed by atoms with van der Waals surface area (Å²) < 4.78 is 18.4. The molecule has 1 saturated heterocycles. The number of carbonyl (C=O) groups is 1. The van der Waals surface area contributed by atoms with Crippen LogP contribution >= 0.6 is 0 Å². The molecule has 1 aliphatic heterocycles. The number of allylic oxidation sites excluding steroid dienone is 8. The fraction of sp³-hybridized carbons (Fsp3) is 0.816. The first-order valence-electron chi connectivity index (χ1n) is 23.3. The van der Waals surface area contributed by atoms with Gasteiger partial charge in [-0.25, -0.2) is 0 Å². The normalized spacial score (nSPS) is 16.1. The summed E-state index contributed by atoms with van der Waals surface area (Å²) in [5.41, 5.74) is 0. The van der Waals surface area contributed by atoms with Crippen molar-refractivity contribution in [3.05, 3.63) is 48.6 Å². The van der Waals surface area contributed by atoms with Crippen molar-refractivity contribution in [1.29, 1.82) is 0 Å². The zero-order chi connectivity index (χ0) is 39.1. The molecule has 0 N–H and O–H groups in total. The van der Waals surface area contributed by atoms with Gasteiger partial charge in [0.2, 0.25) is 0 Å². The van der Waals surface area contributed by atoms with Gasteiger partial charge in [0.1, 0.15) is 0 Å². The Morgan fingerprint density at radius 1 is 0.593 bits per heavy atom. The lowest BCUT2D eigenvalue weighted by molar-refractivity contribution is -0.180. The van der Waals surface area contributed by atoms with Crippen molar-refractivity contribution >= 4 is 5.97 Å². The van der Waals surface area contributed by atoms with Crippen LogP contribution in [0.2, 0.25) is 0 Å². The summed E-state index contributed by atoms with van der Waals surface area (Å²) in [4.78, 5) is 14.0. The SMILES string of the molecule is CCCCC/C=C\C/C=C\CCCCCCCCC1(CCCCCCCC/C=C\C/C=C\CCCCC)OC[C@H](CN(C)CCCCCC(=O)OCC)O1. The van der Waals surface area contributed by atoms with E-state index in [9.17, 15) is 4.79 Å². The maximum Gasteiger partial charge on any atom is 0.305 e. The smallest absolute Gasteiger partial charge is 0.305 e. The summed E-state index contributed by atoms with van der Waals surface area (Å²) in [5, 5.41) is 0. The van der Waals surface area contributed by atoms with Gasteiger partial charge in [0, 0.05) is 25.8 Å². The summed E-state index contributed by atoms with van der Waals surface area (Å²) in [6.07, 6.45) is 55.1. The molecular formula is C49H89NO4. The highest BCUT2D eigenvalue weighted by Gasteiger charge is 2.40. The van der Waals surface area contributed by atoms with Crippen LogP contribution in [-0.2, 0) is 19.0 Å². The Balaban J connectivity index is 2.34. The first-order chi connectivity index (χ1) is 26.5. The molecule has 0 aromatic carbocycles. The number of esters is 1. The van der Waals surface area contributed by atoms with Gasteiger partial charge < -0.3 is 19.1 Å². The molecule has 0 spiro atoms. The van der Waals surface area contributed by atoms with Crippen LogP contribution in [-0.4, -0.2) is 56.1 Å². The molecule has 1 rings (SSSR count). The van der Waals surface area contributed by atoms with Gasteiger partial charge in [-0.2, -0.15) is 0 Å². The van der Waals surface area contributed by atoms with Gasteiger partial charge in [0.05, 0.1) is 19.3 Å². The van der Waals surface area contributed by atoms with Crippen LogP contribution in [0.15, 0.2) is 48.6 Å². The standard InChI is InChI=1S/C49H89NO4/c1-5-8-10-12-14-16-18-20-22-24-26-28-30-32-34-38-42-49(43-39-35-33-31-29-27-25-23-21-19-17-15-13-11-9-6-2)53-46-47(54-49)45-50(4)44-40-36-37-41-48(51)52-7-3/h14-17,20-23,47H,5-13,18-19,24-46H2,1-4H3/b16-14-,17-15-,22-20-,23-21-/t47-/m0/s1. The monoisotopic (exact) mass is 756 g/mol. The van der Waals surface area contributed by atoms with Crippen LogP contribution in [0, 0.1) is 0 Å². The molecule has 0 aromatic rings. The maximum absolute atomic E-state index is 11.6. The number of unbranched alkanes of at least 4 members (excludes halogenated alkanes) is 20. The van der Waals surface area contributed by atoms with Crippen LogP contribution in [0.1, 0.15) is 213 Å². The highest BCUT2D eigenvalue weighted by atomic mass is 16.7. The van der Waals surface area contributed by atoms with Crippen LogP contribution in [0.4, 0.5) is 0 Å². The van der Waals surface area contributed by atoms with E-state index in [4.69, 9.17) is 14.2 Å². The summed E-state index contributed by atoms with van der Waals surface area (Å²) in [5.74, 6) is -0.464. The van der Waals surface area contributed by atoms with E-state index >= 15 is 0 Å². The molecule has 0 amide bonds. The molecule has 0 bridgehead atoms. The van der Waals surface area contributed by atoms with Crippen molar-refractivity contribution in [3.63, 3.8) is 0 Å². The van der Waals surface area contributed by atoms with Gasteiger partial charge in [-0.05, 0) is 110 Å². The van der Waals surface area contributed by atoms with Gasteiger partial charge in [-0.15, -0.1) is 0 Å². The second kappa shape index (κ2) is 38.2. The molecule has 5 nitrogen and oxygen atoms in total. The van der Waals surface area contributed by atoms with E-state index in [0.29, 0.717) is 19.6 Å². The number of nitrogens with zero attached hydrogens (tertiary/aromatic N) is 1. The molecule has 1 atom stereocenters. The topological polar surface area (TPSA) is 48.0 Å². The lowest BCUT2D eigenvalue weighted by Crippen LogP contribution is -2.35. The summed E-state index contributed by atoms with van der Waals surface area (Å²) in [7, 11) is 2.19. The first kappa shape index (κ1) is 50.3. The maximum atomic E-state index is 11.6. The minimum absolute atomic E-state index is 0.0710. The summed E-state index contributed by atoms with van der Waals surface area (Å²) in [6.45, 7) is 9.51. The van der Waals surface area contributed by atoms with E-state index in [1.807, 2.05) is 6.92 Å². The molecule has 5 heteroatoms. The lowest BCUT2D eigenvalue weighted by atomic mass is 9.98. The molecule has 0 saturated carbocycles. The molecule has 1 aliphatic rings. The van der Waals surface area contributed by atoms with E-state index in [1.165, 1.54) is 141 Å². The van der Waals surface area contributed by atoms with Gasteiger partial charge in [0.15, 0.2) is 5.79 Å². The third-order valence-electron chi connectivity index (χ3n) is 10.7. The Labute approximate surface area is 336 Å². The fourth-order valence-electron chi connectivity index (χ4n) is 7.36. The van der Waals surface area contributed by atoms with Gasteiger partial charge in [0.25, 0.3) is 0 Å². The van der Waals surface area contributed by atoms with E-state index < -0.39 is 5.79 Å². The first-order valence-corrected chi connectivity index (χ1v) is 23.3. The Morgan fingerprint density at radius 2 is 1.04 bits per heavy atom. The molecule has 1 fully saturated rings. The number of ether oxygens (including phenoxy) is 3. The van der Waals surface area contributed by atoms with E-state index in [0.717, 1.165) is 58.0 Å². The number of carbonyl (C=O) groups excluding carboxylic acids is 1. The van der Waals surface area contributed by atoms with Gasteiger partial charge in [-0.3, -0.25) is 4.79 Å². The molecule has 54 heavy (non-hydrogen) atoms. The fourth-order valence-corrected chi connectivity index (χ4v) is 7.36. The predicted molar refractivity (Wildman–Crippen MR) is 234 cm³/mol. The zero-order valence-electron chi connectivity index (χ0n) is 36.3. The van der Waals surface area contributed by atoms with Crippen molar-refractivity contribution in [2.45, 2.75) is 225 Å². The molecule has 0 aliphatic carbocycles. The predicted octanol–water partition coefficient (Wildman–Crippen LogP) is 14.6. The third kappa shape index (κ3) is 31.5. The van der Waals surface area contributed by atoms with Crippen LogP contribution < -0.4 is 0 Å². The summed E-state index contributed by atoms with van der Waals surface area (Å²) in [6, 6.07) is 0.